The molecule has 2 fully saturated rings. The third-order valence-electron chi connectivity index (χ3n) is 3.80. The van der Waals surface area contributed by atoms with Crippen LogP contribution in [0.3, 0.4) is 0 Å². The normalized spacial score (nSPS) is 36.8. The number of hydrogen-bond donors (Lipinski definition) is 1. The largest absolute Gasteiger partial charge is 0.325 e. The van der Waals surface area contributed by atoms with Crippen LogP contribution in [0.2, 0.25) is 0 Å². The molecule has 3 nitrogen and oxygen atoms in total. The molecule has 2 aliphatic rings. The molecule has 1 N–H and O–H groups in total. The third kappa shape index (κ3) is 1.44. The number of nitrogens with zero attached hydrogens (tertiary/aromatic N) is 1. The molecular formula is C11H20N2O. The highest BCUT2D eigenvalue weighted by Gasteiger charge is 2.43. The molecule has 0 aromatic heterocycles. The summed E-state index contributed by atoms with van der Waals surface area (Å²) < 4.78 is 0. The lowest BCUT2D eigenvalue weighted by molar-refractivity contribution is -0.132. The van der Waals surface area contributed by atoms with Crippen molar-refractivity contribution in [3.63, 3.8) is 0 Å². The fourth-order valence-corrected chi connectivity index (χ4v) is 2.80. The summed E-state index contributed by atoms with van der Waals surface area (Å²) in [5.74, 6) is 0.282. The van der Waals surface area contributed by atoms with Crippen LogP contribution in [0.1, 0.15) is 40.0 Å². The summed E-state index contributed by atoms with van der Waals surface area (Å²) in [6.45, 7) is 7.25. The number of carbonyl (C=O) groups excluding carboxylic acids is 1. The Morgan fingerprint density at radius 2 is 2.21 bits per heavy atom. The molecule has 3 heteroatoms. The minimum absolute atomic E-state index is 0.0198. The summed E-state index contributed by atoms with van der Waals surface area (Å²) in [4.78, 5) is 13.9. The maximum atomic E-state index is 11.8. The van der Waals surface area contributed by atoms with Crippen molar-refractivity contribution in [1.82, 2.24) is 10.2 Å². The Balaban J connectivity index is 2.12. The minimum Gasteiger partial charge on any atom is -0.325 e. The van der Waals surface area contributed by atoms with Crippen LogP contribution >= 0.6 is 0 Å². The van der Waals surface area contributed by atoms with Crippen LogP contribution in [0.5, 0.6) is 0 Å². The van der Waals surface area contributed by atoms with E-state index in [1.165, 1.54) is 19.3 Å². The highest BCUT2D eigenvalue weighted by Crippen LogP contribution is 2.41. The van der Waals surface area contributed by atoms with Gasteiger partial charge in [0.05, 0.1) is 12.7 Å². The zero-order valence-electron chi connectivity index (χ0n) is 9.34. The summed E-state index contributed by atoms with van der Waals surface area (Å²) in [5.41, 5.74) is 0.307. The first-order valence-electron chi connectivity index (χ1n) is 5.56. The Morgan fingerprint density at radius 1 is 1.50 bits per heavy atom. The average Bonchev–Trinajstić information content (AvgIpc) is 2.59. The van der Waals surface area contributed by atoms with Gasteiger partial charge in [-0.15, -0.1) is 0 Å². The number of nitrogens with one attached hydrogen (secondary N) is 1. The number of amides is 1. The Labute approximate surface area is 85.8 Å². The van der Waals surface area contributed by atoms with Crippen molar-refractivity contribution in [2.24, 2.45) is 5.41 Å². The van der Waals surface area contributed by atoms with E-state index in [0.29, 0.717) is 11.5 Å². The molecule has 1 saturated heterocycles. The standard InChI is InChI=1S/C11H20N2O/c1-8-10(14)13(7-12-8)9-5-4-6-11(9,2)3/h8-9,12H,4-7H2,1-3H3. The van der Waals surface area contributed by atoms with Crippen molar-refractivity contribution in [2.45, 2.75) is 52.1 Å². The molecule has 80 valence electrons. The van der Waals surface area contributed by atoms with E-state index >= 15 is 0 Å². The smallest absolute Gasteiger partial charge is 0.240 e. The van der Waals surface area contributed by atoms with Gasteiger partial charge < -0.3 is 4.90 Å². The SMILES string of the molecule is CC1NCN(C2CCCC2(C)C)C1=O. The van der Waals surface area contributed by atoms with Gasteiger partial charge in [-0.2, -0.15) is 0 Å². The van der Waals surface area contributed by atoms with E-state index in [-0.39, 0.29) is 11.9 Å². The van der Waals surface area contributed by atoms with E-state index in [0.717, 1.165) is 6.67 Å². The highest BCUT2D eigenvalue weighted by atomic mass is 16.2. The van der Waals surface area contributed by atoms with Crippen molar-refractivity contribution >= 4 is 5.91 Å². The second-order valence-corrected chi connectivity index (χ2v) is 5.29. The van der Waals surface area contributed by atoms with E-state index in [2.05, 4.69) is 19.2 Å². The van der Waals surface area contributed by atoms with E-state index in [9.17, 15) is 4.79 Å². The Morgan fingerprint density at radius 3 is 2.64 bits per heavy atom. The predicted molar refractivity (Wildman–Crippen MR) is 55.7 cm³/mol. The van der Waals surface area contributed by atoms with E-state index in [4.69, 9.17) is 0 Å². The van der Waals surface area contributed by atoms with Gasteiger partial charge in [0, 0.05) is 6.04 Å². The van der Waals surface area contributed by atoms with Gasteiger partial charge in [-0.25, -0.2) is 0 Å². The van der Waals surface area contributed by atoms with Crippen LogP contribution in [-0.4, -0.2) is 29.6 Å². The van der Waals surface area contributed by atoms with Crippen molar-refractivity contribution in [3.05, 3.63) is 0 Å². The first-order valence-corrected chi connectivity index (χ1v) is 5.56. The maximum Gasteiger partial charge on any atom is 0.240 e. The summed E-state index contributed by atoms with van der Waals surface area (Å²) in [7, 11) is 0. The number of hydrogen-bond acceptors (Lipinski definition) is 2. The molecule has 2 rings (SSSR count). The summed E-state index contributed by atoms with van der Waals surface area (Å²) in [6.07, 6.45) is 3.68. The zero-order chi connectivity index (χ0) is 10.3. The zero-order valence-corrected chi connectivity index (χ0v) is 9.34. The van der Waals surface area contributed by atoms with Gasteiger partial charge in [0.25, 0.3) is 0 Å². The second kappa shape index (κ2) is 3.23. The van der Waals surface area contributed by atoms with Gasteiger partial charge in [-0.05, 0) is 25.2 Å². The molecule has 2 unspecified atom stereocenters. The molecule has 1 heterocycles. The van der Waals surface area contributed by atoms with Crippen molar-refractivity contribution < 1.29 is 4.79 Å². The van der Waals surface area contributed by atoms with Crippen molar-refractivity contribution in [3.8, 4) is 0 Å². The van der Waals surface area contributed by atoms with E-state index in [1.807, 2.05) is 11.8 Å². The maximum absolute atomic E-state index is 11.8. The van der Waals surface area contributed by atoms with Gasteiger partial charge in [0.2, 0.25) is 5.91 Å². The number of carbonyl (C=O) groups is 1. The van der Waals surface area contributed by atoms with Gasteiger partial charge in [0.15, 0.2) is 0 Å². The lowest BCUT2D eigenvalue weighted by Crippen LogP contribution is -2.44. The molecule has 1 saturated carbocycles. The number of rotatable bonds is 1. The minimum atomic E-state index is 0.0198. The van der Waals surface area contributed by atoms with Crippen LogP contribution in [0.4, 0.5) is 0 Å². The summed E-state index contributed by atoms with van der Waals surface area (Å²) in [5, 5.41) is 3.21. The lowest BCUT2D eigenvalue weighted by atomic mass is 9.86. The van der Waals surface area contributed by atoms with Crippen LogP contribution in [-0.2, 0) is 4.79 Å². The highest BCUT2D eigenvalue weighted by molar-refractivity contribution is 5.83. The molecule has 14 heavy (non-hydrogen) atoms. The Kier molecular flexibility index (Phi) is 2.30. The first-order chi connectivity index (χ1) is 6.52. The molecule has 1 aliphatic heterocycles. The molecule has 0 spiro atoms. The monoisotopic (exact) mass is 196 g/mol. The van der Waals surface area contributed by atoms with Crippen LogP contribution in [0.15, 0.2) is 0 Å². The summed E-state index contributed by atoms with van der Waals surface area (Å²) >= 11 is 0. The molecular weight excluding hydrogens is 176 g/mol. The molecule has 2 atom stereocenters. The third-order valence-corrected chi connectivity index (χ3v) is 3.80. The Hall–Kier alpha value is -0.570. The van der Waals surface area contributed by atoms with Gasteiger partial charge in [0.1, 0.15) is 0 Å². The fourth-order valence-electron chi connectivity index (χ4n) is 2.80. The Bertz CT molecular complexity index is 250. The van der Waals surface area contributed by atoms with E-state index in [1.54, 1.807) is 0 Å². The first kappa shape index (κ1) is 9.97. The van der Waals surface area contributed by atoms with Crippen molar-refractivity contribution in [1.29, 1.82) is 0 Å². The van der Waals surface area contributed by atoms with E-state index < -0.39 is 0 Å². The van der Waals surface area contributed by atoms with Gasteiger partial charge in [-0.3, -0.25) is 10.1 Å². The topological polar surface area (TPSA) is 32.3 Å². The summed E-state index contributed by atoms with van der Waals surface area (Å²) in [6, 6.07) is 0.471. The molecule has 0 radical (unpaired) electrons. The predicted octanol–water partition coefficient (Wildman–Crippen LogP) is 1.34. The van der Waals surface area contributed by atoms with Gasteiger partial charge >= 0.3 is 0 Å². The van der Waals surface area contributed by atoms with Crippen molar-refractivity contribution in [2.75, 3.05) is 6.67 Å². The van der Waals surface area contributed by atoms with Gasteiger partial charge in [-0.1, -0.05) is 20.3 Å². The lowest BCUT2D eigenvalue weighted by Gasteiger charge is -2.34. The van der Waals surface area contributed by atoms with Crippen LogP contribution in [0, 0.1) is 5.41 Å². The molecule has 0 aromatic carbocycles. The molecule has 0 aromatic rings. The fraction of sp³-hybridized carbons (Fsp3) is 0.909. The molecule has 0 bridgehead atoms. The van der Waals surface area contributed by atoms with Crippen LogP contribution in [0.25, 0.3) is 0 Å². The molecule has 1 amide bonds. The second-order valence-electron chi connectivity index (χ2n) is 5.29. The quantitative estimate of drug-likeness (QED) is 0.686. The molecule has 1 aliphatic carbocycles. The average molecular weight is 196 g/mol. The van der Waals surface area contributed by atoms with Crippen LogP contribution < -0.4 is 5.32 Å².